The van der Waals surface area contributed by atoms with E-state index in [9.17, 15) is 9.59 Å². The average molecular weight is 1230 g/mol. The molecule has 0 fully saturated rings. The lowest BCUT2D eigenvalue weighted by Crippen LogP contribution is -2.60. The summed E-state index contributed by atoms with van der Waals surface area (Å²) in [5, 5.41) is 12.8. The molecule has 0 spiro atoms. The van der Waals surface area contributed by atoms with E-state index in [0.29, 0.717) is 85.1 Å². The van der Waals surface area contributed by atoms with E-state index in [4.69, 9.17) is 9.47 Å². The van der Waals surface area contributed by atoms with E-state index in [-0.39, 0.29) is 25.2 Å². The van der Waals surface area contributed by atoms with Crippen molar-refractivity contribution in [2.45, 2.75) is 266 Å². The van der Waals surface area contributed by atoms with Gasteiger partial charge in [0.25, 0.3) is 0 Å². The first-order valence-corrected chi connectivity index (χ1v) is 42.1. The molecule has 5 aromatic carbocycles. The fraction of sp³-hybridized carbons (Fsp3) is 0.553. The van der Waals surface area contributed by atoms with Gasteiger partial charge in [0.2, 0.25) is 0 Å². The molecular weight excluding hydrogens is 1120 g/mol. The van der Waals surface area contributed by atoms with Crippen LogP contribution < -0.4 is 31.4 Å². The molecule has 10 heteroatoms. The van der Waals surface area contributed by atoms with Crippen LogP contribution in [0.5, 0.6) is 0 Å². The highest BCUT2D eigenvalue weighted by Crippen LogP contribution is 2.46. The molecule has 0 bridgehead atoms. The van der Waals surface area contributed by atoms with E-state index in [1.54, 1.807) is 0 Å². The third-order valence-electron chi connectivity index (χ3n) is 21.0. The number of hydrogen-bond acceptors (Lipinski definition) is 6. The summed E-state index contributed by atoms with van der Waals surface area (Å²) in [6.07, 6.45) is 0. The minimum absolute atomic E-state index is 0.224. The topological polar surface area (TPSA) is 76.7 Å². The number of esters is 2. The van der Waals surface area contributed by atoms with Crippen LogP contribution in [0.15, 0.2) is 109 Å². The van der Waals surface area contributed by atoms with Gasteiger partial charge < -0.3 is 20.1 Å². The van der Waals surface area contributed by atoms with Crippen molar-refractivity contribution in [3.63, 3.8) is 0 Å². The fourth-order valence-corrected chi connectivity index (χ4v) is 45.5. The monoisotopic (exact) mass is 1230 g/mol. The second-order valence-corrected chi connectivity index (χ2v) is 52.8. The Morgan fingerprint density at radius 3 is 0.826 bits per heavy atom. The summed E-state index contributed by atoms with van der Waals surface area (Å²) in [6.45, 7) is 61.1. The summed E-state index contributed by atoms with van der Waals surface area (Å²) in [5.74, 6) is 6.15. The molecule has 0 aliphatic heterocycles. The predicted octanol–water partition coefficient (Wildman–Crippen LogP) is 18.4. The van der Waals surface area contributed by atoms with Crippen LogP contribution in [0.25, 0.3) is 0 Å². The van der Waals surface area contributed by atoms with E-state index >= 15 is 0 Å². The molecule has 0 amide bonds. The molecule has 0 aliphatic rings. The van der Waals surface area contributed by atoms with Gasteiger partial charge >= 0.3 is 11.9 Å². The van der Waals surface area contributed by atoms with Crippen molar-refractivity contribution in [2.75, 3.05) is 6.54 Å². The molecule has 470 valence electrons. The van der Waals surface area contributed by atoms with Gasteiger partial charge in [-0.2, -0.15) is 0 Å². The third-order valence-corrected chi connectivity index (χ3v) is 49.1. The molecule has 0 aliphatic carbocycles. The number of nitrogens with one attached hydrogen (secondary N) is 2. The summed E-state index contributed by atoms with van der Waals surface area (Å²) in [7, 11) is -8.29. The second kappa shape index (κ2) is 31.2. The van der Waals surface area contributed by atoms with Gasteiger partial charge in [-0.25, -0.2) is 9.59 Å². The molecule has 0 radical (unpaired) electrons. The van der Waals surface area contributed by atoms with Crippen molar-refractivity contribution in [3.05, 3.63) is 154 Å². The van der Waals surface area contributed by atoms with Gasteiger partial charge in [-0.15, -0.1) is 0 Å². The Bertz CT molecular complexity index is 2840. The molecule has 6 nitrogen and oxygen atoms in total. The zero-order valence-electron chi connectivity index (χ0n) is 58.2. The van der Waals surface area contributed by atoms with E-state index in [1.165, 1.54) is 31.9 Å². The van der Waals surface area contributed by atoms with Gasteiger partial charge in [0.1, 0.15) is 13.2 Å². The number of benzene rings is 5. The van der Waals surface area contributed by atoms with Gasteiger partial charge in [0.05, 0.1) is 50.0 Å². The first-order chi connectivity index (χ1) is 40.4. The molecule has 86 heavy (non-hydrogen) atoms. The maximum Gasteiger partial charge on any atom is 0.338 e. The Kier molecular flexibility index (Phi) is 26.2. The van der Waals surface area contributed by atoms with E-state index in [2.05, 4.69) is 298 Å². The van der Waals surface area contributed by atoms with Crippen LogP contribution in [0.3, 0.4) is 0 Å². The van der Waals surface area contributed by atoms with Crippen molar-refractivity contribution in [3.8, 4) is 11.8 Å². The first-order valence-electron chi connectivity index (χ1n) is 33.2. The Morgan fingerprint density at radius 1 is 0.337 bits per heavy atom. The lowest BCUT2D eigenvalue weighted by molar-refractivity contribution is 0.0464. The lowest BCUT2D eigenvalue weighted by atomic mass is 10.1. The zero-order valence-corrected chi connectivity index (χ0v) is 62.2. The first kappa shape index (κ1) is 72.1. The van der Waals surface area contributed by atoms with Crippen LogP contribution >= 0.6 is 0 Å². The standard InChI is InChI=1S/C76H116N2O4Si4/c1-51(2)83(52(3)4,53(5)6)71-40-69(41-72(44-71)84(54(7)8,55(9)10)56(11)12)75(79)81-49-67-35-31-64(32-36-67)46-77-39-25-26-63-27-29-65(30-28-63)47-78-48-66-33-37-68(38-34-66)50-82-76(80)70-42-73(85(57(13)14,58(15)16)59(17)18)45-74(43-70)86(60(19)20,61(21)22)62(23)24/h27-38,40-45,51-62,77-78H,39,46-50H2,1-24H3. The third kappa shape index (κ3) is 15.5. The van der Waals surface area contributed by atoms with Crippen LogP contribution in [-0.2, 0) is 42.3 Å². The van der Waals surface area contributed by atoms with Crippen LogP contribution in [0, 0.1) is 11.8 Å². The summed E-state index contributed by atoms with van der Waals surface area (Å²) in [4.78, 5) is 28.5. The minimum Gasteiger partial charge on any atom is -0.457 e. The molecule has 5 aromatic rings. The largest absolute Gasteiger partial charge is 0.457 e. The van der Waals surface area contributed by atoms with Crippen molar-refractivity contribution in [2.24, 2.45) is 0 Å². The zero-order chi connectivity index (χ0) is 64.2. The van der Waals surface area contributed by atoms with Gasteiger partial charge in [0.15, 0.2) is 0 Å². The molecular formula is C76H116N2O4Si4. The lowest BCUT2D eigenvalue weighted by Gasteiger charge is -2.47. The molecule has 0 aromatic heterocycles. The summed E-state index contributed by atoms with van der Waals surface area (Å²) in [6, 6.07) is 39.3. The summed E-state index contributed by atoms with van der Waals surface area (Å²) < 4.78 is 12.3. The highest BCUT2D eigenvalue weighted by Gasteiger charge is 2.50. The molecule has 0 saturated heterocycles. The number of ether oxygens (including phenoxy) is 2. The van der Waals surface area contributed by atoms with Crippen LogP contribution in [0.4, 0.5) is 0 Å². The predicted molar refractivity (Wildman–Crippen MR) is 382 cm³/mol. The van der Waals surface area contributed by atoms with E-state index in [0.717, 1.165) is 40.9 Å². The van der Waals surface area contributed by atoms with Crippen molar-refractivity contribution < 1.29 is 19.1 Å². The van der Waals surface area contributed by atoms with E-state index < -0.39 is 32.3 Å². The normalized spacial score (nSPS) is 12.9. The highest BCUT2D eigenvalue weighted by atomic mass is 28.3. The quantitative estimate of drug-likeness (QED) is 0.0215. The maximum atomic E-state index is 14.2. The highest BCUT2D eigenvalue weighted by molar-refractivity contribution is 6.99. The number of rotatable bonds is 29. The average Bonchev–Trinajstić information content (AvgIpc) is 0.777. The Hall–Kier alpha value is -4.61. The molecule has 0 atom stereocenters. The van der Waals surface area contributed by atoms with Crippen molar-refractivity contribution in [1.29, 1.82) is 0 Å². The number of carbonyl (C=O) groups excluding carboxylic acids is 2. The van der Waals surface area contributed by atoms with Gasteiger partial charge in [-0.1, -0.05) is 272 Å². The maximum absolute atomic E-state index is 14.2. The Morgan fingerprint density at radius 2 is 0.570 bits per heavy atom. The number of hydrogen-bond donors (Lipinski definition) is 2. The molecule has 0 heterocycles. The van der Waals surface area contributed by atoms with Gasteiger partial charge in [0, 0.05) is 25.2 Å². The molecule has 0 saturated carbocycles. The smallest absolute Gasteiger partial charge is 0.338 e. The summed E-state index contributed by atoms with van der Waals surface area (Å²) >= 11 is 0. The molecule has 0 unspecified atom stereocenters. The van der Waals surface area contributed by atoms with Crippen LogP contribution in [0.2, 0.25) is 66.5 Å². The number of carbonyl (C=O) groups is 2. The minimum atomic E-state index is -2.07. The van der Waals surface area contributed by atoms with E-state index in [1.807, 2.05) is 0 Å². The summed E-state index contributed by atoms with van der Waals surface area (Å²) in [5.41, 5.74) is 14.3. The molecule has 5 rings (SSSR count). The Labute approximate surface area is 529 Å². The second-order valence-electron chi connectivity index (χ2n) is 29.2. The SMILES string of the molecule is CC(C)[Si](c1cc(C(=O)OCc2ccc(CNCC#Cc3ccc(CNCc4ccc(COC(=O)c5cc([Si](C(C)C)(C(C)C)C(C)C)cc([Si](C(C)C)(C(C)C)C(C)C)c5)cc4)cc3)cc2)cc([Si](C(C)C)(C(C)C)C(C)C)c1)(C(C)C)C(C)C. The molecule has 2 N–H and O–H groups in total. The van der Waals surface area contributed by atoms with Crippen LogP contribution in [0.1, 0.15) is 220 Å². The van der Waals surface area contributed by atoms with Crippen molar-refractivity contribution >= 4 is 65.0 Å². The fourth-order valence-electron chi connectivity index (χ4n) is 17.9. The van der Waals surface area contributed by atoms with Gasteiger partial charge in [-0.05, 0) is 131 Å². The van der Waals surface area contributed by atoms with Crippen LogP contribution in [-0.4, -0.2) is 50.8 Å². The Balaban J connectivity index is 1.14. The van der Waals surface area contributed by atoms with Gasteiger partial charge in [-0.3, -0.25) is 0 Å². The van der Waals surface area contributed by atoms with Crippen molar-refractivity contribution in [1.82, 2.24) is 10.6 Å².